The molecule has 0 radical (unpaired) electrons. The zero-order chi connectivity index (χ0) is 18.9. The molecule has 0 aliphatic rings. The summed E-state index contributed by atoms with van der Waals surface area (Å²) in [7, 11) is 0. The Hall–Kier alpha value is -1.98. The summed E-state index contributed by atoms with van der Waals surface area (Å²) >= 11 is 6.14. The fourth-order valence-electron chi connectivity index (χ4n) is 2.65. The second-order valence-electron chi connectivity index (χ2n) is 6.08. The van der Waals surface area contributed by atoms with E-state index >= 15 is 0 Å². The van der Waals surface area contributed by atoms with Crippen LogP contribution < -0.4 is 10.1 Å². The second kappa shape index (κ2) is 10.2. The molecule has 6 heteroatoms. The van der Waals surface area contributed by atoms with Crippen molar-refractivity contribution in [2.45, 2.75) is 33.8 Å². The molecule has 0 saturated heterocycles. The molecule has 0 unspecified atom stereocenters. The number of aryl methyl sites for hydroxylation is 1. The standard InChI is InChI=1S/C20H27ClN2O3/c1-4-23(5-2)13-7-12-22-20(24)18-11-10-16(26-18)14-25-19-15(3)8-6-9-17(19)21/h6,8-11H,4-5,7,12-14H2,1-3H3,(H,22,24). The molecule has 0 spiro atoms. The highest BCUT2D eigenvalue weighted by Gasteiger charge is 2.12. The summed E-state index contributed by atoms with van der Waals surface area (Å²) in [5, 5.41) is 3.44. The lowest BCUT2D eigenvalue weighted by Gasteiger charge is -2.17. The van der Waals surface area contributed by atoms with E-state index < -0.39 is 0 Å². The molecule has 0 saturated carbocycles. The lowest BCUT2D eigenvalue weighted by atomic mass is 10.2. The number of benzene rings is 1. The number of hydrogen-bond donors (Lipinski definition) is 1. The molecule has 0 bridgehead atoms. The Kier molecular flexibility index (Phi) is 8.01. The predicted molar refractivity (Wildman–Crippen MR) is 104 cm³/mol. The van der Waals surface area contributed by atoms with E-state index in [0.717, 1.165) is 31.6 Å². The van der Waals surface area contributed by atoms with Crippen molar-refractivity contribution >= 4 is 17.5 Å². The fraction of sp³-hybridized carbons (Fsp3) is 0.450. The minimum absolute atomic E-state index is 0.204. The van der Waals surface area contributed by atoms with Crippen LogP contribution in [-0.2, 0) is 6.61 Å². The maximum absolute atomic E-state index is 12.1. The van der Waals surface area contributed by atoms with E-state index in [9.17, 15) is 4.79 Å². The number of rotatable bonds is 10. The molecule has 26 heavy (non-hydrogen) atoms. The average molecular weight is 379 g/mol. The zero-order valence-corrected chi connectivity index (χ0v) is 16.4. The molecule has 1 aromatic carbocycles. The number of halogens is 1. The Morgan fingerprint density at radius 1 is 1.23 bits per heavy atom. The minimum Gasteiger partial charge on any atom is -0.484 e. The summed E-state index contributed by atoms with van der Waals surface area (Å²) in [6, 6.07) is 9.00. The first-order valence-electron chi connectivity index (χ1n) is 9.02. The molecule has 2 aromatic rings. The van der Waals surface area contributed by atoms with Gasteiger partial charge in [0.05, 0.1) is 5.02 Å². The van der Waals surface area contributed by atoms with Crippen molar-refractivity contribution in [3.8, 4) is 5.75 Å². The predicted octanol–water partition coefficient (Wildman–Crippen LogP) is 4.28. The topological polar surface area (TPSA) is 54.7 Å². The van der Waals surface area contributed by atoms with Crippen LogP contribution in [0.5, 0.6) is 5.75 Å². The molecule has 1 amide bonds. The summed E-state index contributed by atoms with van der Waals surface area (Å²) in [4.78, 5) is 14.5. The number of hydrogen-bond acceptors (Lipinski definition) is 4. The van der Waals surface area contributed by atoms with Crippen LogP contribution in [-0.4, -0.2) is 37.0 Å². The van der Waals surface area contributed by atoms with Crippen LogP contribution in [0.25, 0.3) is 0 Å². The van der Waals surface area contributed by atoms with Gasteiger partial charge < -0.3 is 19.4 Å². The first-order valence-corrected chi connectivity index (χ1v) is 9.40. The van der Waals surface area contributed by atoms with Crippen LogP contribution >= 0.6 is 11.6 Å². The number of nitrogens with one attached hydrogen (secondary N) is 1. The van der Waals surface area contributed by atoms with Gasteiger partial charge in [-0.25, -0.2) is 0 Å². The molecule has 2 rings (SSSR count). The number of amides is 1. The highest BCUT2D eigenvalue weighted by atomic mass is 35.5. The van der Waals surface area contributed by atoms with Gasteiger partial charge in [0, 0.05) is 6.54 Å². The molecule has 0 aliphatic heterocycles. The molecule has 142 valence electrons. The summed E-state index contributed by atoms with van der Waals surface area (Å²) in [6.07, 6.45) is 0.913. The molecular formula is C20H27ClN2O3. The normalized spacial score (nSPS) is 11.0. The number of ether oxygens (including phenoxy) is 1. The molecule has 1 aromatic heterocycles. The van der Waals surface area contributed by atoms with Gasteiger partial charge in [0.2, 0.25) is 0 Å². The highest BCUT2D eigenvalue weighted by Crippen LogP contribution is 2.28. The quantitative estimate of drug-likeness (QED) is 0.627. The van der Waals surface area contributed by atoms with Crippen LogP contribution in [0.4, 0.5) is 0 Å². The van der Waals surface area contributed by atoms with Crippen molar-refractivity contribution in [2.75, 3.05) is 26.2 Å². The van der Waals surface area contributed by atoms with Gasteiger partial charge in [-0.1, -0.05) is 37.6 Å². The molecule has 1 N–H and O–H groups in total. The van der Waals surface area contributed by atoms with E-state index in [1.807, 2.05) is 19.1 Å². The highest BCUT2D eigenvalue weighted by molar-refractivity contribution is 6.32. The number of carbonyl (C=O) groups is 1. The Labute approximate surface area is 160 Å². The maximum atomic E-state index is 12.1. The monoisotopic (exact) mass is 378 g/mol. The minimum atomic E-state index is -0.204. The Morgan fingerprint density at radius 2 is 2.00 bits per heavy atom. The third-order valence-electron chi connectivity index (χ3n) is 4.24. The van der Waals surface area contributed by atoms with Gasteiger partial charge in [0.1, 0.15) is 18.1 Å². The summed E-state index contributed by atoms with van der Waals surface area (Å²) in [6.45, 7) is 10.1. The van der Waals surface area contributed by atoms with E-state index in [1.165, 1.54) is 0 Å². The zero-order valence-electron chi connectivity index (χ0n) is 15.7. The van der Waals surface area contributed by atoms with E-state index in [1.54, 1.807) is 18.2 Å². The largest absolute Gasteiger partial charge is 0.484 e. The van der Waals surface area contributed by atoms with Crippen LogP contribution in [0.3, 0.4) is 0 Å². The Morgan fingerprint density at radius 3 is 2.69 bits per heavy atom. The van der Waals surface area contributed by atoms with Crippen molar-refractivity contribution in [3.63, 3.8) is 0 Å². The van der Waals surface area contributed by atoms with Gasteiger partial charge in [-0.15, -0.1) is 0 Å². The van der Waals surface area contributed by atoms with E-state index in [0.29, 0.717) is 28.8 Å². The van der Waals surface area contributed by atoms with Crippen LogP contribution in [0.15, 0.2) is 34.7 Å². The molecular weight excluding hydrogens is 352 g/mol. The van der Waals surface area contributed by atoms with Crippen LogP contribution in [0.1, 0.15) is 42.1 Å². The van der Waals surface area contributed by atoms with Gasteiger partial charge in [-0.2, -0.15) is 0 Å². The molecule has 5 nitrogen and oxygen atoms in total. The van der Waals surface area contributed by atoms with Crippen molar-refractivity contribution in [2.24, 2.45) is 0 Å². The Bertz CT molecular complexity index is 691. The Balaban J connectivity index is 1.80. The number of carbonyl (C=O) groups excluding carboxylic acids is 1. The van der Waals surface area contributed by atoms with E-state index in [-0.39, 0.29) is 12.5 Å². The van der Waals surface area contributed by atoms with Gasteiger partial charge in [-0.3, -0.25) is 4.79 Å². The number of furan rings is 1. The summed E-state index contributed by atoms with van der Waals surface area (Å²) in [5.41, 5.74) is 0.954. The lowest BCUT2D eigenvalue weighted by molar-refractivity contribution is 0.0920. The van der Waals surface area contributed by atoms with E-state index in [4.69, 9.17) is 20.8 Å². The molecule has 0 aliphatic carbocycles. The third kappa shape index (κ3) is 5.78. The fourth-order valence-corrected chi connectivity index (χ4v) is 2.93. The van der Waals surface area contributed by atoms with Crippen molar-refractivity contribution in [3.05, 3.63) is 52.4 Å². The number of para-hydroxylation sites is 1. The van der Waals surface area contributed by atoms with Gasteiger partial charge in [0.25, 0.3) is 5.91 Å². The first kappa shape index (κ1) is 20.3. The lowest BCUT2D eigenvalue weighted by Crippen LogP contribution is -2.29. The second-order valence-corrected chi connectivity index (χ2v) is 6.48. The smallest absolute Gasteiger partial charge is 0.286 e. The van der Waals surface area contributed by atoms with Gasteiger partial charge >= 0.3 is 0 Å². The van der Waals surface area contributed by atoms with E-state index in [2.05, 4.69) is 24.1 Å². The van der Waals surface area contributed by atoms with Gasteiger partial charge in [-0.05, 0) is 56.7 Å². The molecule has 1 heterocycles. The first-order chi connectivity index (χ1) is 12.5. The van der Waals surface area contributed by atoms with Crippen molar-refractivity contribution in [1.82, 2.24) is 10.2 Å². The maximum Gasteiger partial charge on any atom is 0.286 e. The van der Waals surface area contributed by atoms with Gasteiger partial charge in [0.15, 0.2) is 5.76 Å². The van der Waals surface area contributed by atoms with Crippen LogP contribution in [0, 0.1) is 6.92 Å². The average Bonchev–Trinajstić information content (AvgIpc) is 3.10. The summed E-state index contributed by atoms with van der Waals surface area (Å²) < 4.78 is 11.3. The number of nitrogens with zero attached hydrogens (tertiary/aromatic N) is 1. The SMILES string of the molecule is CCN(CC)CCCNC(=O)c1ccc(COc2c(C)cccc2Cl)o1. The molecule has 0 atom stereocenters. The molecule has 0 fully saturated rings. The summed E-state index contributed by atoms with van der Waals surface area (Å²) in [5.74, 6) is 1.30. The third-order valence-corrected chi connectivity index (χ3v) is 4.54. The van der Waals surface area contributed by atoms with Crippen LogP contribution in [0.2, 0.25) is 5.02 Å². The van der Waals surface area contributed by atoms with Crippen molar-refractivity contribution < 1.29 is 13.9 Å². The van der Waals surface area contributed by atoms with Crippen molar-refractivity contribution in [1.29, 1.82) is 0 Å².